The molecule has 41 heavy (non-hydrogen) atoms. The van der Waals surface area contributed by atoms with Crippen molar-refractivity contribution in [3.8, 4) is 0 Å². The lowest BCUT2D eigenvalue weighted by atomic mass is 9.87. The molecule has 0 aromatic carbocycles. The highest BCUT2D eigenvalue weighted by Crippen LogP contribution is 2.49. The first-order valence-corrected chi connectivity index (χ1v) is 11.2. The maximum absolute atomic E-state index is 13.6. The number of hydrogen-bond acceptors (Lipinski definition) is 2. The predicted molar refractivity (Wildman–Crippen MR) is 113 cm³/mol. The van der Waals surface area contributed by atoms with Crippen LogP contribution < -0.4 is 0 Å². The van der Waals surface area contributed by atoms with E-state index in [1.54, 1.807) is 6.08 Å². The van der Waals surface area contributed by atoms with Gasteiger partial charge in [-0.05, 0) is 13.8 Å². The van der Waals surface area contributed by atoms with Gasteiger partial charge in [0.2, 0.25) is 11.3 Å². The van der Waals surface area contributed by atoms with Crippen LogP contribution in [0, 0.1) is 0 Å². The van der Waals surface area contributed by atoms with Crippen LogP contribution in [0.1, 0.15) is 13.8 Å². The fourth-order valence-corrected chi connectivity index (χ4v) is 2.05. The molecule has 0 bridgehead atoms. The van der Waals surface area contributed by atoms with Crippen LogP contribution >= 0.6 is 15.9 Å². The summed E-state index contributed by atoms with van der Waals surface area (Å²) in [6.45, 7) is -0.116. The quantitative estimate of drug-likeness (QED) is 0.106. The summed E-state index contributed by atoms with van der Waals surface area (Å²) in [7, 11) is 0. The van der Waals surface area contributed by atoms with Crippen molar-refractivity contribution in [2.75, 3.05) is 25.2 Å². The molecule has 0 saturated carbocycles. The van der Waals surface area contributed by atoms with Crippen molar-refractivity contribution in [3.05, 3.63) is 25.3 Å². The van der Waals surface area contributed by atoms with Gasteiger partial charge in [-0.25, -0.2) is 26.3 Å². The summed E-state index contributed by atoms with van der Waals surface area (Å²) in [4.78, 5) is 0. The molecule has 1 N–H and O–H groups in total. The van der Waals surface area contributed by atoms with Crippen LogP contribution in [0.25, 0.3) is 0 Å². The summed E-state index contributed by atoms with van der Waals surface area (Å²) in [6.07, 6.45) is -30.9. The molecule has 0 aliphatic carbocycles. The van der Waals surface area contributed by atoms with Crippen molar-refractivity contribution in [2.24, 2.45) is 0 Å². The van der Waals surface area contributed by atoms with E-state index in [2.05, 4.69) is 33.8 Å². The van der Waals surface area contributed by atoms with Gasteiger partial charge in [0.15, 0.2) is 12.3 Å². The van der Waals surface area contributed by atoms with Crippen LogP contribution in [-0.2, 0) is 4.74 Å². The van der Waals surface area contributed by atoms with E-state index in [4.69, 9.17) is 5.11 Å². The number of aliphatic hydroxyl groups excluding tert-OH is 1. The molecule has 0 spiro atoms. The molecule has 6 unspecified atom stereocenters. The van der Waals surface area contributed by atoms with Gasteiger partial charge in [0.1, 0.15) is 0 Å². The third-order valence-corrected chi connectivity index (χ3v) is 5.15. The minimum absolute atomic E-state index is 0.509. The Labute approximate surface area is 229 Å². The van der Waals surface area contributed by atoms with E-state index in [9.17, 15) is 79.0 Å². The molecule has 0 radical (unpaired) electrons. The zero-order valence-electron chi connectivity index (χ0n) is 20.6. The first-order valence-electron chi connectivity index (χ1n) is 10.1. The van der Waals surface area contributed by atoms with Crippen LogP contribution in [-0.4, -0.2) is 90.0 Å². The summed E-state index contributed by atoms with van der Waals surface area (Å²) in [5.41, 5.74) is -20.6. The molecule has 0 saturated heterocycles. The number of aliphatic hydroxyl groups is 1. The van der Waals surface area contributed by atoms with Crippen LogP contribution in [0.15, 0.2) is 25.3 Å². The summed E-state index contributed by atoms with van der Waals surface area (Å²) < 4.78 is 228. The van der Waals surface area contributed by atoms with Gasteiger partial charge in [-0.2, -0.15) is 52.7 Å². The second-order valence-corrected chi connectivity index (χ2v) is 8.64. The Balaban J connectivity index is -0.000000628. The highest BCUT2D eigenvalue weighted by Gasteiger charge is 2.74. The number of alkyl halides is 19. The fraction of sp³-hybridized carbons (Fsp3) is 0.800. The van der Waals surface area contributed by atoms with E-state index in [1.807, 2.05) is 0 Å². The van der Waals surface area contributed by atoms with Crippen LogP contribution in [0.2, 0.25) is 0 Å². The minimum Gasteiger partial charge on any atom is -0.393 e. The second-order valence-electron chi connectivity index (χ2n) is 8.00. The molecule has 21 heteroatoms. The van der Waals surface area contributed by atoms with Crippen molar-refractivity contribution in [1.82, 2.24) is 0 Å². The standard InChI is InChI=1S/C10H11F9O.C7H7F9O.C3H5Br/c1-3-4-20-5-8(13,10(17,18)19)6(11)7(2,12)9(14,15)16;1-4(9,6(11,12)13)3(8)5(10,2-17)7(14,15)16;1-2-3-4/h3,6H,1,4-5H2,2H3;3,17H,2H2,1H3;2H,1,3H2. The van der Waals surface area contributed by atoms with E-state index in [0.717, 1.165) is 11.4 Å². The molecule has 0 amide bonds. The van der Waals surface area contributed by atoms with Gasteiger partial charge in [-0.3, -0.25) is 0 Å². The highest BCUT2D eigenvalue weighted by atomic mass is 79.9. The van der Waals surface area contributed by atoms with Gasteiger partial charge in [0.25, 0.3) is 11.3 Å². The summed E-state index contributed by atoms with van der Waals surface area (Å²) in [5, 5.41) is 8.95. The Morgan fingerprint density at radius 1 is 0.634 bits per heavy atom. The van der Waals surface area contributed by atoms with Gasteiger partial charge >= 0.3 is 24.7 Å². The zero-order chi connectivity index (χ0) is 34.1. The highest BCUT2D eigenvalue weighted by molar-refractivity contribution is 9.09. The first-order chi connectivity index (χ1) is 17.8. The average Bonchev–Trinajstić information content (AvgIpc) is 2.80. The molecular weight excluding hydrogens is 694 g/mol. The van der Waals surface area contributed by atoms with Gasteiger partial charge in [0, 0.05) is 5.33 Å². The summed E-state index contributed by atoms with van der Waals surface area (Å²) in [5.74, 6) is 0. The molecule has 0 aliphatic heterocycles. The minimum atomic E-state index is -6.18. The lowest BCUT2D eigenvalue weighted by Gasteiger charge is -2.37. The Bertz CT molecular complexity index is 789. The van der Waals surface area contributed by atoms with Gasteiger partial charge in [0.05, 0.1) is 19.8 Å². The number of halogens is 19. The van der Waals surface area contributed by atoms with E-state index in [-0.39, 0.29) is 0 Å². The van der Waals surface area contributed by atoms with Crippen molar-refractivity contribution in [1.29, 1.82) is 0 Å². The third kappa shape index (κ3) is 11.0. The first kappa shape index (κ1) is 44.1. The molecule has 0 aliphatic rings. The third-order valence-electron chi connectivity index (χ3n) is 4.69. The lowest BCUT2D eigenvalue weighted by molar-refractivity contribution is -0.312. The molecule has 0 aromatic heterocycles. The van der Waals surface area contributed by atoms with E-state index < -0.39 is 93.4 Å². The second kappa shape index (κ2) is 15.4. The number of ether oxygens (including phenoxy) is 1. The van der Waals surface area contributed by atoms with Crippen LogP contribution in [0.3, 0.4) is 0 Å². The zero-order valence-corrected chi connectivity index (χ0v) is 22.2. The van der Waals surface area contributed by atoms with Gasteiger partial charge in [-0.15, -0.1) is 13.2 Å². The van der Waals surface area contributed by atoms with Crippen molar-refractivity contribution in [2.45, 2.75) is 73.6 Å². The van der Waals surface area contributed by atoms with Crippen molar-refractivity contribution >= 4 is 15.9 Å². The van der Waals surface area contributed by atoms with E-state index in [0.29, 0.717) is 0 Å². The van der Waals surface area contributed by atoms with Gasteiger partial charge < -0.3 is 9.84 Å². The predicted octanol–water partition coefficient (Wildman–Crippen LogP) is 8.53. The average molecular weight is 717 g/mol. The Morgan fingerprint density at radius 3 is 1.12 bits per heavy atom. The molecular formula is C20H23BrF18O2. The van der Waals surface area contributed by atoms with Crippen LogP contribution in [0.5, 0.6) is 0 Å². The van der Waals surface area contributed by atoms with Crippen molar-refractivity contribution in [3.63, 3.8) is 0 Å². The monoisotopic (exact) mass is 716 g/mol. The van der Waals surface area contributed by atoms with Crippen LogP contribution in [0.4, 0.5) is 79.0 Å². The SMILES string of the molecule is C=CCBr.C=CCOCC(F)(C(F)C(C)(F)C(F)(F)F)C(F)(F)F.CC(F)(C(F)C(F)(CO)C(F)(F)F)C(F)(F)F. The van der Waals surface area contributed by atoms with Gasteiger partial charge in [-0.1, -0.05) is 28.1 Å². The topological polar surface area (TPSA) is 29.5 Å². The molecule has 2 nitrogen and oxygen atoms in total. The smallest absolute Gasteiger partial charge is 0.393 e. The molecule has 0 fully saturated rings. The number of rotatable bonds is 10. The molecule has 0 rings (SSSR count). The maximum Gasteiger partial charge on any atom is 0.427 e. The lowest BCUT2D eigenvalue weighted by Crippen LogP contribution is -2.63. The molecule has 6 atom stereocenters. The molecule has 0 aromatic rings. The number of allylic oxidation sites excluding steroid dienone is 1. The normalized spacial score (nSPS) is 20.2. The maximum atomic E-state index is 13.6. The Kier molecular flexibility index (Phi) is 16.5. The number of hydrogen-bond donors (Lipinski definition) is 1. The van der Waals surface area contributed by atoms with E-state index >= 15 is 0 Å². The summed E-state index contributed by atoms with van der Waals surface area (Å²) >= 11 is 3.13. The van der Waals surface area contributed by atoms with E-state index in [1.165, 1.54) is 0 Å². The van der Waals surface area contributed by atoms with Crippen molar-refractivity contribution < 1.29 is 88.9 Å². The Morgan fingerprint density at radius 2 is 0.927 bits per heavy atom. The molecule has 248 valence electrons. The molecule has 0 heterocycles. The summed E-state index contributed by atoms with van der Waals surface area (Å²) in [6, 6.07) is 0. The Hall–Kier alpha value is -1.38. The fourth-order valence-electron chi connectivity index (χ4n) is 2.05. The largest absolute Gasteiger partial charge is 0.427 e.